The monoisotopic (exact) mass is 948 g/mol. The molecule has 0 fully saturated rings. The van der Waals surface area contributed by atoms with Crippen molar-refractivity contribution in [3.05, 3.63) is 167 Å². The van der Waals surface area contributed by atoms with Gasteiger partial charge in [-0.25, -0.2) is 9.59 Å². The van der Waals surface area contributed by atoms with E-state index in [1.54, 1.807) is 108 Å². The predicted octanol–water partition coefficient (Wildman–Crippen LogP) is 8.97. The molecule has 0 radical (unpaired) electrons. The number of cyclic esters (lactones) is 2. The molecule has 360 valence electrons. The van der Waals surface area contributed by atoms with E-state index in [1.165, 1.54) is 22.4 Å². The first-order chi connectivity index (χ1) is 34.0. The van der Waals surface area contributed by atoms with Gasteiger partial charge in [-0.05, 0) is 109 Å². The third kappa shape index (κ3) is 12.0. The molecular weight excluding hydrogens is 897 g/mol. The molecule has 4 heterocycles. The highest BCUT2D eigenvalue weighted by molar-refractivity contribution is 6.07. The topological polar surface area (TPSA) is 205 Å². The van der Waals surface area contributed by atoms with E-state index in [4.69, 9.17) is 28.4 Å². The molecule has 2 aliphatic heterocycles. The van der Waals surface area contributed by atoms with Gasteiger partial charge in [-0.15, -0.1) is 0 Å². The Morgan fingerprint density at radius 3 is 1.46 bits per heavy atom. The van der Waals surface area contributed by atoms with Crippen LogP contribution in [0.2, 0.25) is 0 Å². The first-order valence-corrected chi connectivity index (χ1v) is 22.2. The van der Waals surface area contributed by atoms with Crippen molar-refractivity contribution in [3.8, 4) is 23.0 Å². The number of nitrogens with zero attached hydrogens (tertiary/aromatic N) is 6. The number of carbonyl (C=O) groups is 4. The van der Waals surface area contributed by atoms with Gasteiger partial charge in [-0.1, -0.05) is 38.1 Å². The molecule has 2 aliphatic rings. The fourth-order valence-corrected chi connectivity index (χ4v) is 7.37. The molecule has 0 spiro atoms. The van der Waals surface area contributed by atoms with Gasteiger partial charge in [0.05, 0.1) is 52.7 Å². The minimum Gasteiger partial charge on any atom is -0.493 e. The molecule has 2 aromatic heterocycles. The van der Waals surface area contributed by atoms with Crippen LogP contribution in [0.3, 0.4) is 0 Å². The lowest BCUT2D eigenvalue weighted by molar-refractivity contribution is 0.0706. The molecule has 0 saturated heterocycles. The van der Waals surface area contributed by atoms with Crippen LogP contribution in [0.15, 0.2) is 144 Å². The van der Waals surface area contributed by atoms with Gasteiger partial charge in [0.2, 0.25) is 0 Å². The Hall–Kier alpha value is -8.80. The van der Waals surface area contributed by atoms with Crippen LogP contribution in [-0.2, 0) is 22.6 Å². The molecule has 8 rings (SSSR count). The highest BCUT2D eigenvalue weighted by Crippen LogP contribution is 2.32. The maximum Gasteiger partial charge on any atom is 0.431 e. The molecular formula is C52H52N8O10. The summed E-state index contributed by atoms with van der Waals surface area (Å²) < 4.78 is 32.8. The summed E-state index contributed by atoms with van der Waals surface area (Å²) in [7, 11) is 6.27. The summed E-state index contributed by atoms with van der Waals surface area (Å²) in [5.74, 6) is 1.80. The number of hydrazone groups is 2. The van der Waals surface area contributed by atoms with Gasteiger partial charge in [0, 0.05) is 47.3 Å². The average Bonchev–Trinajstić information content (AvgIpc) is 3.40. The van der Waals surface area contributed by atoms with Crippen molar-refractivity contribution in [3.63, 3.8) is 0 Å². The van der Waals surface area contributed by atoms with E-state index in [0.29, 0.717) is 69.8 Å². The summed E-state index contributed by atoms with van der Waals surface area (Å²) in [5.41, 5.74) is 6.54. The Balaban J connectivity index is 0.000000206. The van der Waals surface area contributed by atoms with Crippen molar-refractivity contribution < 1.29 is 47.6 Å². The third-order valence-electron chi connectivity index (χ3n) is 11.0. The number of amides is 4. The maximum atomic E-state index is 12.7. The summed E-state index contributed by atoms with van der Waals surface area (Å²) >= 11 is 0. The molecule has 0 aliphatic carbocycles. The normalized spacial score (nSPS) is 15.2. The number of carbonyl (C=O) groups excluding carboxylic acids is 4. The largest absolute Gasteiger partial charge is 0.493 e. The second-order valence-electron chi connectivity index (χ2n) is 15.6. The molecule has 4 amide bonds. The first-order valence-electron chi connectivity index (χ1n) is 22.2. The van der Waals surface area contributed by atoms with Gasteiger partial charge in [-0.2, -0.15) is 20.2 Å². The molecule has 2 N–H and O–H groups in total. The van der Waals surface area contributed by atoms with Crippen LogP contribution in [0.5, 0.6) is 23.0 Å². The van der Waals surface area contributed by atoms with Gasteiger partial charge >= 0.3 is 12.2 Å². The van der Waals surface area contributed by atoms with Crippen molar-refractivity contribution in [2.75, 3.05) is 39.1 Å². The average molecular weight is 949 g/mol. The SMILES string of the molecule is CCC1OC(=O)N(Cc2ccc(NC(=O)c3cccnc3)cc2)N=C1c1ccc(OC)c(OC)c1.CCC1OC(=O)N(Cc2cccc(NC(=O)c3cccnc3)c2)N=C1c1ccc(OC)c(OC)c1. The van der Waals surface area contributed by atoms with Gasteiger partial charge in [0.15, 0.2) is 23.0 Å². The minimum atomic E-state index is -0.536. The number of benzene rings is 4. The van der Waals surface area contributed by atoms with Crippen LogP contribution in [0.25, 0.3) is 0 Å². The minimum absolute atomic E-state index is 0.169. The van der Waals surface area contributed by atoms with E-state index in [2.05, 4.69) is 30.8 Å². The van der Waals surface area contributed by atoms with Gasteiger partial charge in [0.1, 0.15) is 23.6 Å². The number of ether oxygens (including phenoxy) is 6. The number of methoxy groups -OCH3 is 4. The number of aromatic nitrogens is 2. The van der Waals surface area contributed by atoms with E-state index in [0.717, 1.165) is 22.3 Å². The molecule has 6 aromatic rings. The number of nitrogens with one attached hydrogen (secondary N) is 2. The molecule has 18 heteroatoms. The van der Waals surface area contributed by atoms with Crippen molar-refractivity contribution >= 4 is 46.8 Å². The van der Waals surface area contributed by atoms with E-state index in [-0.39, 0.29) is 24.9 Å². The molecule has 18 nitrogen and oxygen atoms in total. The zero-order chi connectivity index (χ0) is 49.6. The Morgan fingerprint density at radius 1 is 0.543 bits per heavy atom. The predicted molar refractivity (Wildman–Crippen MR) is 262 cm³/mol. The standard InChI is InChI=1S/2C26H26N4O5/c1-4-21-24(18-10-11-22(33-2)23(14-18)34-3)29-30(26(32)35-21)16-17-7-5-9-20(13-17)28-25(31)19-8-6-12-27-15-19;1-4-21-24(18-9-12-22(33-2)23(14-18)34-3)29-30(26(32)35-21)16-17-7-10-20(11-8-17)28-25(31)19-6-5-13-27-15-19/h2*5-15,21H,4,16H2,1-3H3,(H,28,31). The molecule has 0 saturated carbocycles. The summed E-state index contributed by atoms with van der Waals surface area (Å²) in [4.78, 5) is 58.0. The van der Waals surface area contributed by atoms with Crippen molar-refractivity contribution in [1.29, 1.82) is 0 Å². The van der Waals surface area contributed by atoms with Crippen LogP contribution >= 0.6 is 0 Å². The van der Waals surface area contributed by atoms with Gasteiger partial charge < -0.3 is 39.1 Å². The number of anilines is 2. The smallest absolute Gasteiger partial charge is 0.431 e. The summed E-state index contributed by atoms with van der Waals surface area (Å²) in [6, 6.07) is 32.1. The highest BCUT2D eigenvalue weighted by Gasteiger charge is 2.33. The number of rotatable bonds is 16. The van der Waals surface area contributed by atoms with E-state index in [9.17, 15) is 19.2 Å². The number of pyridine rings is 2. The van der Waals surface area contributed by atoms with E-state index in [1.807, 2.05) is 56.3 Å². The molecule has 70 heavy (non-hydrogen) atoms. The van der Waals surface area contributed by atoms with Crippen molar-refractivity contribution in [2.24, 2.45) is 10.2 Å². The first kappa shape index (κ1) is 49.1. The van der Waals surface area contributed by atoms with Crippen LogP contribution < -0.4 is 29.6 Å². The lowest BCUT2D eigenvalue weighted by atomic mass is 10.0. The second kappa shape index (κ2) is 23.3. The molecule has 4 aromatic carbocycles. The highest BCUT2D eigenvalue weighted by atomic mass is 16.6. The fourth-order valence-electron chi connectivity index (χ4n) is 7.37. The number of hydrogen-bond donors (Lipinski definition) is 2. The molecule has 2 atom stereocenters. The summed E-state index contributed by atoms with van der Waals surface area (Å²) in [5, 5.41) is 17.5. The second-order valence-corrected chi connectivity index (χ2v) is 15.6. The Bertz CT molecular complexity index is 2860. The Morgan fingerprint density at radius 2 is 1.01 bits per heavy atom. The van der Waals surface area contributed by atoms with Gasteiger partial charge in [-0.3, -0.25) is 19.6 Å². The lowest BCUT2D eigenvalue weighted by Gasteiger charge is -2.29. The Labute approximate surface area is 404 Å². The zero-order valence-electron chi connectivity index (χ0n) is 39.5. The fraction of sp³-hybridized carbons (Fsp3) is 0.231. The third-order valence-corrected chi connectivity index (χ3v) is 11.0. The zero-order valence-corrected chi connectivity index (χ0v) is 39.5. The van der Waals surface area contributed by atoms with Gasteiger partial charge in [0.25, 0.3) is 11.8 Å². The Kier molecular flexibility index (Phi) is 16.3. The van der Waals surface area contributed by atoms with Crippen LogP contribution in [0.1, 0.15) is 69.7 Å². The van der Waals surface area contributed by atoms with E-state index >= 15 is 0 Å². The van der Waals surface area contributed by atoms with Crippen molar-refractivity contribution in [2.45, 2.75) is 52.0 Å². The number of hydrogen-bond acceptors (Lipinski definition) is 14. The molecule has 2 unspecified atom stereocenters. The van der Waals surface area contributed by atoms with E-state index < -0.39 is 24.4 Å². The molecule has 0 bridgehead atoms. The van der Waals surface area contributed by atoms with Crippen LogP contribution in [-0.4, -0.2) is 96.1 Å². The lowest BCUT2D eigenvalue weighted by Crippen LogP contribution is -2.41. The summed E-state index contributed by atoms with van der Waals surface area (Å²) in [6.45, 7) is 4.24. The van der Waals surface area contributed by atoms with Crippen molar-refractivity contribution in [1.82, 2.24) is 20.0 Å². The summed E-state index contributed by atoms with van der Waals surface area (Å²) in [6.07, 6.45) is 5.36. The van der Waals surface area contributed by atoms with Crippen LogP contribution in [0, 0.1) is 0 Å². The van der Waals surface area contributed by atoms with Crippen LogP contribution in [0.4, 0.5) is 21.0 Å². The maximum absolute atomic E-state index is 12.7. The quantitative estimate of drug-likeness (QED) is 0.0933.